The lowest BCUT2D eigenvalue weighted by atomic mass is 10.0. The fourth-order valence-corrected chi connectivity index (χ4v) is 3.06. The van der Waals surface area contributed by atoms with E-state index in [2.05, 4.69) is 21.2 Å². The van der Waals surface area contributed by atoms with Crippen LogP contribution < -0.4 is 10.1 Å². The Bertz CT molecular complexity index is 663. The second-order valence-corrected chi connectivity index (χ2v) is 6.57. The van der Waals surface area contributed by atoms with Gasteiger partial charge in [0.2, 0.25) is 5.91 Å². The van der Waals surface area contributed by atoms with E-state index in [1.165, 1.54) is 0 Å². The summed E-state index contributed by atoms with van der Waals surface area (Å²) < 4.78 is 5.07. The predicted octanol–water partition coefficient (Wildman–Crippen LogP) is 1.26. The number of benzene rings is 1. The Morgan fingerprint density at radius 1 is 1.22 bits per heavy atom. The molecule has 1 aromatic carbocycles. The number of ether oxygens (including phenoxy) is 1. The van der Waals surface area contributed by atoms with Crippen LogP contribution in [-0.2, 0) is 9.59 Å². The lowest BCUT2D eigenvalue weighted by Gasteiger charge is -2.35. The van der Waals surface area contributed by atoms with Gasteiger partial charge in [0.05, 0.1) is 19.1 Å². The minimum Gasteiger partial charge on any atom is -0.497 e. The summed E-state index contributed by atoms with van der Waals surface area (Å²) in [6.45, 7) is 4.21. The third-order valence-electron chi connectivity index (χ3n) is 4.64. The Morgan fingerprint density at radius 2 is 1.85 bits per heavy atom. The topological polar surface area (TPSA) is 106 Å². The second kappa shape index (κ2) is 10.5. The number of carbonyl (C=O) groups is 2. The van der Waals surface area contributed by atoms with Crippen LogP contribution in [0.2, 0.25) is 0 Å². The summed E-state index contributed by atoms with van der Waals surface area (Å²) in [6, 6.07) is 9.03. The van der Waals surface area contributed by atoms with Gasteiger partial charge in [-0.25, -0.2) is 0 Å². The van der Waals surface area contributed by atoms with E-state index in [1.54, 1.807) is 31.4 Å². The van der Waals surface area contributed by atoms with E-state index in [0.29, 0.717) is 24.4 Å². The average Bonchev–Trinajstić information content (AvgIpc) is 2.67. The average molecular weight is 374 g/mol. The molecule has 146 valence electrons. The van der Waals surface area contributed by atoms with Crippen molar-refractivity contribution in [3.05, 3.63) is 24.3 Å². The number of rotatable bonds is 9. The largest absolute Gasteiger partial charge is 0.497 e. The molecule has 1 heterocycles. The molecule has 0 bridgehead atoms. The summed E-state index contributed by atoms with van der Waals surface area (Å²) in [6.07, 6.45) is 0.430. The van der Waals surface area contributed by atoms with Crippen molar-refractivity contribution < 1.29 is 19.4 Å². The van der Waals surface area contributed by atoms with Crippen molar-refractivity contribution in [2.45, 2.75) is 12.8 Å². The zero-order valence-electron chi connectivity index (χ0n) is 15.6. The quantitative estimate of drug-likeness (QED) is 0.670. The van der Waals surface area contributed by atoms with Crippen molar-refractivity contribution in [1.29, 1.82) is 5.26 Å². The number of nitrogens with zero attached hydrogens (tertiary/aromatic N) is 3. The highest BCUT2D eigenvalue weighted by atomic mass is 16.5. The number of anilines is 1. The van der Waals surface area contributed by atoms with E-state index in [4.69, 9.17) is 10.00 Å². The van der Waals surface area contributed by atoms with E-state index in [1.807, 2.05) is 0 Å². The summed E-state index contributed by atoms with van der Waals surface area (Å²) in [5.41, 5.74) is 0.607. The van der Waals surface area contributed by atoms with Gasteiger partial charge in [-0.2, -0.15) is 5.26 Å². The Labute approximate surface area is 159 Å². The summed E-state index contributed by atoms with van der Waals surface area (Å²) in [7, 11) is 1.56. The lowest BCUT2D eigenvalue weighted by Crippen LogP contribution is -2.48. The van der Waals surface area contributed by atoms with E-state index in [9.17, 15) is 14.7 Å². The SMILES string of the molecule is COc1ccc(NC(=O)C[C@@H](CN2CCN(CCC#N)CC2)C(=O)O)cc1. The minimum atomic E-state index is -0.966. The first-order valence-electron chi connectivity index (χ1n) is 9.00. The normalized spacial score (nSPS) is 16.3. The molecule has 27 heavy (non-hydrogen) atoms. The van der Waals surface area contributed by atoms with Gasteiger partial charge in [-0.15, -0.1) is 0 Å². The Kier molecular flexibility index (Phi) is 8.04. The molecule has 8 heteroatoms. The van der Waals surface area contributed by atoms with Crippen LogP contribution in [0.1, 0.15) is 12.8 Å². The van der Waals surface area contributed by atoms with E-state index >= 15 is 0 Å². The van der Waals surface area contributed by atoms with Crippen LogP contribution in [0.5, 0.6) is 5.75 Å². The standard InChI is InChI=1S/C19H26N4O4/c1-27-17-5-3-16(4-6-17)21-18(24)13-15(19(25)26)14-23-11-9-22(10-12-23)8-2-7-20/h3-6,15H,2,8-14H2,1H3,(H,21,24)(H,25,26)/t15-/m0/s1. The molecule has 8 nitrogen and oxygen atoms in total. The second-order valence-electron chi connectivity index (χ2n) is 6.57. The smallest absolute Gasteiger partial charge is 0.308 e. The molecule has 2 rings (SSSR count). The number of amides is 1. The predicted molar refractivity (Wildman–Crippen MR) is 100 cm³/mol. The molecule has 2 N–H and O–H groups in total. The maximum atomic E-state index is 12.2. The Morgan fingerprint density at radius 3 is 2.41 bits per heavy atom. The molecule has 0 radical (unpaired) electrons. The molecule has 1 atom stereocenters. The highest BCUT2D eigenvalue weighted by Crippen LogP contribution is 2.16. The number of carbonyl (C=O) groups excluding carboxylic acids is 1. The van der Waals surface area contributed by atoms with E-state index in [-0.39, 0.29) is 12.3 Å². The first kappa shape index (κ1) is 20.7. The number of piperazine rings is 1. The molecule has 1 aliphatic heterocycles. The maximum absolute atomic E-state index is 12.2. The van der Waals surface area contributed by atoms with Crippen LogP contribution in [0.3, 0.4) is 0 Å². The van der Waals surface area contributed by atoms with Crippen molar-refractivity contribution >= 4 is 17.6 Å². The molecule has 1 fully saturated rings. The third kappa shape index (κ3) is 6.89. The molecule has 0 aromatic heterocycles. The van der Waals surface area contributed by atoms with Gasteiger partial charge in [0.15, 0.2) is 0 Å². The van der Waals surface area contributed by atoms with Gasteiger partial charge in [0.1, 0.15) is 5.75 Å². The van der Waals surface area contributed by atoms with Crippen LogP contribution >= 0.6 is 0 Å². The number of hydrogen-bond acceptors (Lipinski definition) is 6. The molecule has 0 unspecified atom stereocenters. The zero-order chi connectivity index (χ0) is 19.6. The van der Waals surface area contributed by atoms with Gasteiger partial charge >= 0.3 is 5.97 Å². The van der Waals surface area contributed by atoms with Gasteiger partial charge in [-0.05, 0) is 24.3 Å². The third-order valence-corrected chi connectivity index (χ3v) is 4.64. The number of hydrogen-bond donors (Lipinski definition) is 2. The van der Waals surface area contributed by atoms with Crippen molar-refractivity contribution in [3.8, 4) is 11.8 Å². The minimum absolute atomic E-state index is 0.0734. The molecule has 1 aromatic rings. The monoisotopic (exact) mass is 374 g/mol. The fourth-order valence-electron chi connectivity index (χ4n) is 3.06. The number of aliphatic carboxylic acids is 1. The van der Waals surface area contributed by atoms with Gasteiger partial charge < -0.3 is 15.2 Å². The van der Waals surface area contributed by atoms with E-state index in [0.717, 1.165) is 32.7 Å². The van der Waals surface area contributed by atoms with Crippen molar-refractivity contribution in [1.82, 2.24) is 9.80 Å². The molecule has 0 spiro atoms. The molecular weight excluding hydrogens is 348 g/mol. The molecular formula is C19H26N4O4. The zero-order valence-corrected chi connectivity index (χ0v) is 15.6. The number of nitriles is 1. The Hall–Kier alpha value is -2.63. The molecule has 1 saturated heterocycles. The highest BCUT2D eigenvalue weighted by molar-refractivity contribution is 5.93. The van der Waals surface area contributed by atoms with Crippen LogP contribution in [0.25, 0.3) is 0 Å². The van der Waals surface area contributed by atoms with Crippen molar-refractivity contribution in [3.63, 3.8) is 0 Å². The maximum Gasteiger partial charge on any atom is 0.308 e. The first-order chi connectivity index (χ1) is 13.0. The van der Waals surface area contributed by atoms with Crippen molar-refractivity contribution in [2.75, 3.05) is 51.7 Å². The Balaban J connectivity index is 1.81. The summed E-state index contributed by atoms with van der Waals surface area (Å²) in [5, 5.41) is 20.9. The summed E-state index contributed by atoms with van der Waals surface area (Å²) in [5.74, 6) is -1.36. The van der Waals surface area contributed by atoms with Gasteiger partial charge in [-0.1, -0.05) is 0 Å². The molecule has 1 amide bonds. The van der Waals surface area contributed by atoms with Crippen LogP contribution in [0, 0.1) is 17.2 Å². The highest BCUT2D eigenvalue weighted by Gasteiger charge is 2.26. The van der Waals surface area contributed by atoms with Crippen molar-refractivity contribution in [2.24, 2.45) is 5.92 Å². The van der Waals surface area contributed by atoms with Gasteiger partial charge in [-0.3, -0.25) is 19.4 Å². The fraction of sp³-hybridized carbons (Fsp3) is 0.526. The number of carboxylic acids is 1. The van der Waals surface area contributed by atoms with Gasteiger partial charge in [0.25, 0.3) is 0 Å². The first-order valence-corrected chi connectivity index (χ1v) is 9.00. The summed E-state index contributed by atoms with van der Waals surface area (Å²) in [4.78, 5) is 28.1. The van der Waals surface area contributed by atoms with Gasteiger partial charge in [0, 0.05) is 57.8 Å². The molecule has 0 saturated carbocycles. The van der Waals surface area contributed by atoms with E-state index < -0.39 is 11.9 Å². The van der Waals surface area contributed by atoms with Crippen LogP contribution in [-0.4, -0.2) is 73.2 Å². The molecule has 1 aliphatic rings. The van der Waals surface area contributed by atoms with Crippen LogP contribution in [0.15, 0.2) is 24.3 Å². The lowest BCUT2D eigenvalue weighted by molar-refractivity contribution is -0.144. The number of carboxylic acid groups (broad SMARTS) is 1. The number of nitrogens with one attached hydrogen (secondary N) is 1. The molecule has 0 aliphatic carbocycles. The number of methoxy groups -OCH3 is 1. The summed E-state index contributed by atoms with van der Waals surface area (Å²) >= 11 is 0. The van der Waals surface area contributed by atoms with Crippen LogP contribution in [0.4, 0.5) is 5.69 Å².